The van der Waals surface area contributed by atoms with Crippen LogP contribution in [0.5, 0.6) is 0 Å². The lowest BCUT2D eigenvalue weighted by molar-refractivity contribution is -0.917. The number of aliphatic hydroxyl groups excluding tert-OH is 1. The molecule has 86 valence electrons. The maximum atomic E-state index is 9.09. The maximum Gasteiger partial charge on any atom is 0.102 e. The number of hydrogen-bond donors (Lipinski definition) is 1. The van der Waals surface area contributed by atoms with E-state index in [0.29, 0.717) is 6.61 Å². The van der Waals surface area contributed by atoms with Crippen LogP contribution < -0.4 is 0 Å². The van der Waals surface area contributed by atoms with Crippen molar-refractivity contribution in [2.45, 2.75) is 32.1 Å². The number of halogens is 1. The van der Waals surface area contributed by atoms with E-state index >= 15 is 0 Å². The van der Waals surface area contributed by atoms with Crippen molar-refractivity contribution in [3.63, 3.8) is 0 Å². The Morgan fingerprint density at radius 1 is 1.13 bits per heavy atom. The summed E-state index contributed by atoms with van der Waals surface area (Å²) in [6.45, 7) is 5.09. The molecule has 0 saturated carbocycles. The molecular formula is C12H21INO+. The highest BCUT2D eigenvalue weighted by Gasteiger charge is 2.30. The molecule has 2 nitrogen and oxygen atoms in total. The highest BCUT2D eigenvalue weighted by molar-refractivity contribution is 14.1. The molecule has 0 aliphatic carbocycles. The second kappa shape index (κ2) is 7.48. The van der Waals surface area contributed by atoms with Crippen LogP contribution in [-0.4, -0.2) is 42.4 Å². The van der Waals surface area contributed by atoms with E-state index in [4.69, 9.17) is 5.11 Å². The Labute approximate surface area is 107 Å². The molecule has 0 radical (unpaired) electrons. The van der Waals surface area contributed by atoms with Crippen molar-refractivity contribution in [3.05, 3.63) is 0 Å². The normalized spacial score (nSPS) is 18.5. The first kappa shape index (κ1) is 13.3. The lowest BCUT2D eigenvalue weighted by Gasteiger charge is -2.33. The van der Waals surface area contributed by atoms with E-state index in [0.717, 1.165) is 17.4 Å². The molecule has 0 unspecified atom stereocenters. The van der Waals surface area contributed by atoms with E-state index in [2.05, 4.69) is 32.4 Å². The Hall–Kier alpha value is 0.210. The smallest absolute Gasteiger partial charge is 0.102 e. The first-order valence-electron chi connectivity index (χ1n) is 5.87. The summed E-state index contributed by atoms with van der Waals surface area (Å²) in [6, 6.07) is 0. The molecule has 0 atom stereocenters. The summed E-state index contributed by atoms with van der Waals surface area (Å²) >= 11 is 2.10. The molecule has 1 heterocycles. The fourth-order valence-corrected chi connectivity index (χ4v) is 2.75. The van der Waals surface area contributed by atoms with Crippen LogP contribution in [-0.2, 0) is 0 Å². The number of nitrogens with zero attached hydrogens (tertiary/aromatic N) is 1. The number of hydrogen-bond acceptors (Lipinski definition) is 1. The molecule has 0 aromatic rings. The lowest BCUT2D eigenvalue weighted by Crippen LogP contribution is -2.47. The number of quaternary nitrogens is 1. The van der Waals surface area contributed by atoms with Crippen LogP contribution >= 0.6 is 22.6 Å². The van der Waals surface area contributed by atoms with Gasteiger partial charge in [0, 0.05) is 41.9 Å². The Bertz CT molecular complexity index is 226. The molecule has 1 aliphatic heterocycles. The zero-order valence-electron chi connectivity index (χ0n) is 9.34. The van der Waals surface area contributed by atoms with Gasteiger partial charge in [0.2, 0.25) is 0 Å². The van der Waals surface area contributed by atoms with Gasteiger partial charge >= 0.3 is 0 Å². The molecule has 1 saturated heterocycles. The van der Waals surface area contributed by atoms with Gasteiger partial charge in [0.1, 0.15) is 6.54 Å². The molecule has 15 heavy (non-hydrogen) atoms. The molecule has 0 spiro atoms. The van der Waals surface area contributed by atoms with E-state index in [1.54, 1.807) is 0 Å². The first-order chi connectivity index (χ1) is 7.33. The Kier molecular flexibility index (Phi) is 6.62. The molecule has 0 aromatic carbocycles. The molecule has 1 aliphatic rings. The Balaban J connectivity index is 2.22. The quantitative estimate of drug-likeness (QED) is 0.344. The standard InChI is InChI=1S/C12H21INO/c13-7-3-1-2-4-8-14(11-12-15)9-5-6-10-14/h15H,1-2,4-6,8-12H2/q+1. The van der Waals surface area contributed by atoms with Crippen molar-refractivity contribution in [2.24, 2.45) is 0 Å². The Morgan fingerprint density at radius 3 is 2.47 bits per heavy atom. The van der Waals surface area contributed by atoms with Gasteiger partial charge in [-0.15, -0.1) is 0 Å². The second-order valence-electron chi connectivity index (χ2n) is 4.40. The van der Waals surface area contributed by atoms with E-state index in [1.165, 1.54) is 45.3 Å². The molecule has 0 aromatic heterocycles. The summed E-state index contributed by atoms with van der Waals surface area (Å²) in [5.41, 5.74) is 0. The molecular weight excluding hydrogens is 301 g/mol. The summed E-state index contributed by atoms with van der Waals surface area (Å²) in [7, 11) is 0. The number of aliphatic hydroxyl groups is 1. The zero-order chi connectivity index (χ0) is 11.0. The first-order valence-corrected chi connectivity index (χ1v) is 6.95. The van der Waals surface area contributed by atoms with Gasteiger partial charge in [0.25, 0.3) is 0 Å². The number of rotatable bonds is 6. The van der Waals surface area contributed by atoms with Crippen molar-refractivity contribution in [3.8, 4) is 9.85 Å². The van der Waals surface area contributed by atoms with Crippen molar-refractivity contribution in [1.82, 2.24) is 0 Å². The van der Waals surface area contributed by atoms with Gasteiger partial charge in [-0.25, -0.2) is 0 Å². The summed E-state index contributed by atoms with van der Waals surface area (Å²) in [6.07, 6.45) is 6.18. The van der Waals surface area contributed by atoms with Gasteiger partial charge in [-0.05, 0) is 16.8 Å². The van der Waals surface area contributed by atoms with Crippen LogP contribution in [0.2, 0.25) is 0 Å². The van der Waals surface area contributed by atoms with E-state index < -0.39 is 0 Å². The average Bonchev–Trinajstić information content (AvgIpc) is 2.67. The van der Waals surface area contributed by atoms with Crippen molar-refractivity contribution in [2.75, 3.05) is 32.8 Å². The molecule has 1 fully saturated rings. The van der Waals surface area contributed by atoms with Crippen LogP contribution in [0.3, 0.4) is 0 Å². The lowest BCUT2D eigenvalue weighted by atomic mass is 10.2. The van der Waals surface area contributed by atoms with Crippen LogP contribution in [0.1, 0.15) is 32.1 Å². The largest absolute Gasteiger partial charge is 0.391 e. The topological polar surface area (TPSA) is 20.2 Å². The van der Waals surface area contributed by atoms with Gasteiger partial charge in [-0.1, -0.05) is 5.92 Å². The SMILES string of the molecule is OCC[N+]1(CCCCC#CI)CCCC1. The summed E-state index contributed by atoms with van der Waals surface area (Å²) in [5, 5.41) is 9.09. The third-order valence-corrected chi connectivity index (χ3v) is 3.72. The van der Waals surface area contributed by atoms with E-state index in [-0.39, 0.29) is 0 Å². The highest BCUT2D eigenvalue weighted by Crippen LogP contribution is 2.20. The predicted molar refractivity (Wildman–Crippen MR) is 71.7 cm³/mol. The van der Waals surface area contributed by atoms with E-state index in [9.17, 15) is 0 Å². The summed E-state index contributed by atoms with van der Waals surface area (Å²) < 4.78 is 4.07. The van der Waals surface area contributed by atoms with Crippen molar-refractivity contribution in [1.29, 1.82) is 0 Å². The van der Waals surface area contributed by atoms with Crippen molar-refractivity contribution >= 4 is 22.6 Å². The monoisotopic (exact) mass is 322 g/mol. The Morgan fingerprint density at radius 2 is 1.87 bits per heavy atom. The van der Waals surface area contributed by atoms with Crippen molar-refractivity contribution < 1.29 is 9.59 Å². The minimum absolute atomic E-state index is 0.341. The molecule has 1 rings (SSSR count). The number of unbranched alkanes of at least 4 members (excludes halogenated alkanes) is 2. The fraction of sp³-hybridized carbons (Fsp3) is 0.833. The fourth-order valence-electron chi connectivity index (χ4n) is 2.49. The molecule has 3 heteroatoms. The second-order valence-corrected chi connectivity index (χ2v) is 4.93. The van der Waals surface area contributed by atoms with Crippen LogP contribution in [0, 0.1) is 9.85 Å². The van der Waals surface area contributed by atoms with Crippen LogP contribution in [0.4, 0.5) is 0 Å². The third-order valence-electron chi connectivity index (χ3n) is 3.34. The summed E-state index contributed by atoms with van der Waals surface area (Å²) in [5.74, 6) is 3.10. The molecule has 1 N–H and O–H groups in total. The molecule has 0 amide bonds. The average molecular weight is 322 g/mol. The zero-order valence-corrected chi connectivity index (χ0v) is 11.5. The minimum Gasteiger partial charge on any atom is -0.391 e. The van der Waals surface area contributed by atoms with Gasteiger partial charge in [0.15, 0.2) is 0 Å². The highest BCUT2D eigenvalue weighted by atomic mass is 127. The minimum atomic E-state index is 0.341. The van der Waals surface area contributed by atoms with Gasteiger partial charge in [-0.2, -0.15) is 0 Å². The van der Waals surface area contributed by atoms with Crippen LogP contribution in [0.15, 0.2) is 0 Å². The van der Waals surface area contributed by atoms with E-state index in [1.807, 2.05) is 0 Å². The summed E-state index contributed by atoms with van der Waals surface area (Å²) in [4.78, 5) is 0. The molecule has 0 bridgehead atoms. The van der Waals surface area contributed by atoms with Gasteiger partial charge < -0.3 is 9.59 Å². The third kappa shape index (κ3) is 4.71. The van der Waals surface area contributed by atoms with Gasteiger partial charge in [-0.3, -0.25) is 0 Å². The number of likely N-dealkylation sites (tertiary alicyclic amines) is 1. The van der Waals surface area contributed by atoms with Crippen LogP contribution in [0.25, 0.3) is 0 Å². The van der Waals surface area contributed by atoms with Gasteiger partial charge in [0.05, 0.1) is 26.2 Å². The maximum absolute atomic E-state index is 9.09. The predicted octanol–water partition coefficient (Wildman–Crippen LogP) is 2.16.